The van der Waals surface area contributed by atoms with E-state index in [4.69, 9.17) is 16.3 Å². The number of nitrogens with zero attached hydrogens (tertiary/aromatic N) is 2. The summed E-state index contributed by atoms with van der Waals surface area (Å²) in [7, 11) is 1.89. The van der Waals surface area contributed by atoms with E-state index in [1.165, 1.54) is 0 Å². The minimum absolute atomic E-state index is 0.350. The maximum Gasteiger partial charge on any atom is 0.322 e. The molecule has 106 valence electrons. The van der Waals surface area contributed by atoms with Crippen LogP contribution in [0.2, 0.25) is 5.02 Å². The van der Waals surface area contributed by atoms with E-state index in [9.17, 15) is 0 Å². The minimum atomic E-state index is 0.350. The molecule has 2 aromatic rings. The molecule has 0 radical (unpaired) electrons. The van der Waals surface area contributed by atoms with Gasteiger partial charge in [-0.25, -0.2) is 4.98 Å². The Morgan fingerprint density at radius 3 is 2.40 bits per heavy atom. The van der Waals surface area contributed by atoms with Crippen LogP contribution in [0.1, 0.15) is 22.4 Å². The van der Waals surface area contributed by atoms with Crippen molar-refractivity contribution in [3.63, 3.8) is 0 Å². The molecule has 0 fully saturated rings. The number of benzene rings is 1. The zero-order valence-electron chi connectivity index (χ0n) is 12.1. The Morgan fingerprint density at radius 2 is 1.85 bits per heavy atom. The molecule has 4 nitrogen and oxygen atoms in total. The van der Waals surface area contributed by atoms with Crippen LogP contribution in [0, 0.1) is 20.8 Å². The van der Waals surface area contributed by atoms with E-state index in [-0.39, 0.29) is 0 Å². The number of hydrogen-bond donors (Lipinski definition) is 1. The number of hydrogen-bond acceptors (Lipinski definition) is 4. The molecule has 0 unspecified atom stereocenters. The van der Waals surface area contributed by atoms with Crippen molar-refractivity contribution in [2.45, 2.75) is 27.3 Å². The third-order valence-electron chi connectivity index (χ3n) is 3.05. The highest BCUT2D eigenvalue weighted by molar-refractivity contribution is 6.32. The lowest BCUT2D eigenvalue weighted by Crippen LogP contribution is -2.08. The van der Waals surface area contributed by atoms with E-state index in [0.29, 0.717) is 11.8 Å². The molecule has 5 heteroatoms. The van der Waals surface area contributed by atoms with Crippen LogP contribution in [0.5, 0.6) is 11.8 Å². The van der Waals surface area contributed by atoms with Crippen LogP contribution in [-0.2, 0) is 6.54 Å². The summed E-state index contributed by atoms with van der Waals surface area (Å²) in [6, 6.07) is 4.12. The van der Waals surface area contributed by atoms with Crippen LogP contribution >= 0.6 is 11.6 Å². The van der Waals surface area contributed by atoms with Crippen LogP contribution in [0.3, 0.4) is 0 Å². The van der Waals surface area contributed by atoms with Gasteiger partial charge in [-0.1, -0.05) is 11.6 Å². The first-order chi connectivity index (χ1) is 9.51. The molecular weight excluding hydrogens is 274 g/mol. The van der Waals surface area contributed by atoms with E-state index in [1.54, 1.807) is 6.20 Å². The lowest BCUT2D eigenvalue weighted by molar-refractivity contribution is 0.438. The van der Waals surface area contributed by atoms with Gasteiger partial charge in [-0.05, 0) is 51.1 Å². The predicted octanol–water partition coefficient (Wildman–Crippen LogP) is 3.57. The lowest BCUT2D eigenvalue weighted by Gasteiger charge is -2.10. The predicted molar refractivity (Wildman–Crippen MR) is 80.5 cm³/mol. The fraction of sp³-hybridized carbons (Fsp3) is 0.333. The fourth-order valence-corrected chi connectivity index (χ4v) is 2.06. The number of ether oxygens (including phenoxy) is 1. The van der Waals surface area contributed by atoms with Gasteiger partial charge in [-0.3, -0.25) is 0 Å². The molecule has 0 aliphatic rings. The summed E-state index contributed by atoms with van der Waals surface area (Å²) in [5.74, 6) is 0.699. The van der Waals surface area contributed by atoms with Crippen molar-refractivity contribution in [2.75, 3.05) is 7.05 Å². The summed E-state index contributed by atoms with van der Waals surface area (Å²) < 4.78 is 5.71. The SMILES string of the molecule is CNCc1cnc(Oc2cc(C)c(Cl)c(C)c2)nc1C. The van der Waals surface area contributed by atoms with Gasteiger partial charge in [0.05, 0.1) is 0 Å². The van der Waals surface area contributed by atoms with E-state index in [1.807, 2.05) is 40.0 Å². The van der Waals surface area contributed by atoms with Gasteiger partial charge in [0, 0.05) is 29.0 Å². The van der Waals surface area contributed by atoms with E-state index in [0.717, 1.165) is 34.0 Å². The Labute approximate surface area is 124 Å². The molecule has 1 aromatic carbocycles. The molecule has 0 aliphatic carbocycles. The number of halogens is 1. The Balaban J connectivity index is 2.24. The fourth-order valence-electron chi connectivity index (χ4n) is 1.95. The molecule has 0 atom stereocenters. The maximum absolute atomic E-state index is 6.14. The van der Waals surface area contributed by atoms with Gasteiger partial charge in [-0.15, -0.1) is 0 Å². The van der Waals surface area contributed by atoms with Gasteiger partial charge in [-0.2, -0.15) is 4.98 Å². The largest absolute Gasteiger partial charge is 0.424 e. The molecule has 0 bridgehead atoms. The van der Waals surface area contributed by atoms with Crippen molar-refractivity contribution in [1.82, 2.24) is 15.3 Å². The van der Waals surface area contributed by atoms with Gasteiger partial charge < -0.3 is 10.1 Å². The molecule has 2 rings (SSSR count). The van der Waals surface area contributed by atoms with Crippen LogP contribution in [0.25, 0.3) is 0 Å². The monoisotopic (exact) mass is 291 g/mol. The first-order valence-electron chi connectivity index (χ1n) is 6.43. The highest BCUT2D eigenvalue weighted by Gasteiger charge is 2.08. The number of aromatic nitrogens is 2. The minimum Gasteiger partial charge on any atom is -0.424 e. The number of rotatable bonds is 4. The Hall–Kier alpha value is -1.65. The second-order valence-corrected chi connectivity index (χ2v) is 5.14. The van der Waals surface area contributed by atoms with Crippen molar-refractivity contribution in [1.29, 1.82) is 0 Å². The van der Waals surface area contributed by atoms with Crippen LogP contribution in [0.4, 0.5) is 0 Å². The average Bonchev–Trinajstić information content (AvgIpc) is 2.39. The van der Waals surface area contributed by atoms with E-state index < -0.39 is 0 Å². The zero-order valence-corrected chi connectivity index (χ0v) is 12.9. The molecule has 0 saturated heterocycles. The van der Waals surface area contributed by atoms with Gasteiger partial charge >= 0.3 is 6.01 Å². The third kappa shape index (κ3) is 3.26. The quantitative estimate of drug-likeness (QED) is 0.935. The molecular formula is C15H18ClN3O. The van der Waals surface area contributed by atoms with Gasteiger partial charge in [0.2, 0.25) is 0 Å². The smallest absolute Gasteiger partial charge is 0.322 e. The van der Waals surface area contributed by atoms with Gasteiger partial charge in [0.15, 0.2) is 0 Å². The van der Waals surface area contributed by atoms with E-state index >= 15 is 0 Å². The van der Waals surface area contributed by atoms with Gasteiger partial charge in [0.25, 0.3) is 0 Å². The van der Waals surface area contributed by atoms with Crippen molar-refractivity contribution in [3.05, 3.63) is 45.7 Å². The second-order valence-electron chi connectivity index (χ2n) is 4.77. The zero-order chi connectivity index (χ0) is 14.7. The van der Waals surface area contributed by atoms with E-state index in [2.05, 4.69) is 15.3 Å². The van der Waals surface area contributed by atoms with Crippen molar-refractivity contribution < 1.29 is 4.74 Å². The summed E-state index contributed by atoms with van der Waals surface area (Å²) in [5, 5.41) is 3.84. The van der Waals surface area contributed by atoms with Crippen molar-refractivity contribution in [3.8, 4) is 11.8 Å². The maximum atomic E-state index is 6.14. The Kier molecular flexibility index (Phi) is 4.57. The summed E-state index contributed by atoms with van der Waals surface area (Å²) in [6.07, 6.45) is 1.78. The molecule has 0 spiro atoms. The first-order valence-corrected chi connectivity index (χ1v) is 6.80. The second kappa shape index (κ2) is 6.20. The Morgan fingerprint density at radius 1 is 1.20 bits per heavy atom. The van der Waals surface area contributed by atoms with Crippen molar-refractivity contribution in [2.24, 2.45) is 0 Å². The van der Waals surface area contributed by atoms with Crippen molar-refractivity contribution >= 4 is 11.6 Å². The number of aryl methyl sites for hydroxylation is 3. The summed E-state index contributed by atoms with van der Waals surface area (Å²) >= 11 is 6.14. The van der Waals surface area contributed by atoms with Crippen LogP contribution in [-0.4, -0.2) is 17.0 Å². The third-order valence-corrected chi connectivity index (χ3v) is 3.64. The summed E-state index contributed by atoms with van der Waals surface area (Å²) in [4.78, 5) is 8.59. The molecule has 20 heavy (non-hydrogen) atoms. The lowest BCUT2D eigenvalue weighted by atomic mass is 10.1. The van der Waals surface area contributed by atoms with Gasteiger partial charge in [0.1, 0.15) is 5.75 Å². The van der Waals surface area contributed by atoms with Crippen LogP contribution in [0.15, 0.2) is 18.3 Å². The first kappa shape index (κ1) is 14.8. The highest BCUT2D eigenvalue weighted by Crippen LogP contribution is 2.28. The highest BCUT2D eigenvalue weighted by atomic mass is 35.5. The molecule has 1 heterocycles. The molecule has 1 N–H and O–H groups in total. The summed E-state index contributed by atoms with van der Waals surface area (Å²) in [5.41, 5.74) is 3.92. The normalized spacial score (nSPS) is 10.7. The number of nitrogens with one attached hydrogen (secondary N) is 1. The summed E-state index contributed by atoms with van der Waals surface area (Å²) in [6.45, 7) is 6.58. The molecule has 0 amide bonds. The average molecular weight is 292 g/mol. The molecule has 0 aliphatic heterocycles. The standard InChI is InChI=1S/C15H18ClN3O/c1-9-5-13(6-10(2)14(9)16)20-15-18-8-12(7-17-4)11(3)19-15/h5-6,8,17H,7H2,1-4H3. The molecule has 1 aromatic heterocycles. The topological polar surface area (TPSA) is 47.0 Å². The van der Waals surface area contributed by atoms with Crippen LogP contribution < -0.4 is 10.1 Å². The molecule has 0 saturated carbocycles. The Bertz CT molecular complexity index is 606.